The predicted molar refractivity (Wildman–Crippen MR) is 62.3 cm³/mol. The average molecular weight is 260 g/mol. The maximum absolute atomic E-state index is 13.4. The van der Waals surface area contributed by atoms with E-state index in [1.165, 1.54) is 12.1 Å². The fourth-order valence-corrected chi connectivity index (χ4v) is 2.89. The van der Waals surface area contributed by atoms with E-state index in [0.717, 1.165) is 6.07 Å². The summed E-state index contributed by atoms with van der Waals surface area (Å²) in [6.45, 7) is 3.71. The Hall–Kier alpha value is -1.03. The summed E-state index contributed by atoms with van der Waals surface area (Å²) in [4.78, 5) is 10.5. The zero-order valence-corrected chi connectivity index (χ0v) is 10.6. The molecule has 0 unspecified atom stereocenters. The van der Waals surface area contributed by atoms with Crippen molar-refractivity contribution in [3.63, 3.8) is 0 Å². The summed E-state index contributed by atoms with van der Waals surface area (Å²) < 4.78 is 35.8. The summed E-state index contributed by atoms with van der Waals surface area (Å²) in [5.74, 6) is -0.739. The van der Waals surface area contributed by atoms with E-state index in [0.29, 0.717) is 6.29 Å². The molecule has 0 heterocycles. The fraction of sp³-hybridized carbons (Fsp3) is 0.364. The third kappa shape index (κ3) is 3.22. The first-order valence-electron chi connectivity index (χ1n) is 5.21. The number of rotatable bonds is 6. The van der Waals surface area contributed by atoms with Gasteiger partial charge in [0.25, 0.3) is 0 Å². The van der Waals surface area contributed by atoms with Crippen molar-refractivity contribution in [3.05, 3.63) is 29.6 Å². The van der Waals surface area contributed by atoms with E-state index in [9.17, 15) is 13.8 Å². The summed E-state index contributed by atoms with van der Waals surface area (Å²) in [6.07, 6.45) is 0.394. The Morgan fingerprint density at radius 2 is 1.88 bits per heavy atom. The molecule has 0 fully saturated rings. The molecule has 4 nitrogen and oxygen atoms in total. The lowest BCUT2D eigenvalue weighted by molar-refractivity contribution is 0.111. The maximum atomic E-state index is 13.4. The average Bonchev–Trinajstić information content (AvgIpc) is 2.29. The molecular formula is C11H14FO4P. The standard InChI is InChI=1S/C11H14FO4P/c1-3-15-17(14,16-4-2)10-6-5-9(8-13)11(12)7-10/h5-8H,3-4H2,1-2H3. The van der Waals surface area contributed by atoms with Gasteiger partial charge in [-0.1, -0.05) is 0 Å². The van der Waals surface area contributed by atoms with Crippen molar-refractivity contribution in [1.29, 1.82) is 0 Å². The topological polar surface area (TPSA) is 52.6 Å². The second-order valence-electron chi connectivity index (χ2n) is 3.16. The van der Waals surface area contributed by atoms with E-state index in [1.807, 2.05) is 0 Å². The van der Waals surface area contributed by atoms with Gasteiger partial charge in [-0.05, 0) is 32.0 Å². The van der Waals surface area contributed by atoms with Gasteiger partial charge in [-0.15, -0.1) is 0 Å². The van der Waals surface area contributed by atoms with Crippen molar-refractivity contribution < 1.29 is 22.8 Å². The molecular weight excluding hydrogens is 246 g/mol. The molecule has 94 valence electrons. The molecule has 1 rings (SSSR count). The molecule has 0 radical (unpaired) electrons. The molecule has 0 spiro atoms. The van der Waals surface area contributed by atoms with Gasteiger partial charge < -0.3 is 9.05 Å². The van der Waals surface area contributed by atoms with Gasteiger partial charge in [0.05, 0.1) is 24.1 Å². The van der Waals surface area contributed by atoms with Crippen LogP contribution in [0.4, 0.5) is 4.39 Å². The zero-order chi connectivity index (χ0) is 12.9. The molecule has 17 heavy (non-hydrogen) atoms. The maximum Gasteiger partial charge on any atom is 0.361 e. The highest BCUT2D eigenvalue weighted by Gasteiger charge is 2.27. The van der Waals surface area contributed by atoms with Gasteiger partial charge in [0.1, 0.15) is 5.82 Å². The Kier molecular flexibility index (Phi) is 5.00. The number of hydrogen-bond acceptors (Lipinski definition) is 4. The van der Waals surface area contributed by atoms with Crippen LogP contribution in [0.25, 0.3) is 0 Å². The summed E-state index contributed by atoms with van der Waals surface area (Å²) >= 11 is 0. The molecule has 6 heteroatoms. The van der Waals surface area contributed by atoms with Crippen LogP contribution in [0.5, 0.6) is 0 Å². The highest BCUT2D eigenvalue weighted by molar-refractivity contribution is 7.62. The van der Waals surface area contributed by atoms with Crippen LogP contribution in [-0.4, -0.2) is 19.5 Å². The van der Waals surface area contributed by atoms with Crippen LogP contribution in [0.1, 0.15) is 24.2 Å². The smallest absolute Gasteiger partial charge is 0.305 e. The highest BCUT2D eigenvalue weighted by atomic mass is 31.2. The minimum Gasteiger partial charge on any atom is -0.305 e. The summed E-state index contributed by atoms with van der Waals surface area (Å²) in [6, 6.07) is 3.64. The summed E-state index contributed by atoms with van der Waals surface area (Å²) in [7, 11) is -3.48. The number of carbonyl (C=O) groups excluding carboxylic acids is 1. The zero-order valence-electron chi connectivity index (χ0n) is 9.68. The molecule has 0 bridgehead atoms. The number of hydrogen-bond donors (Lipinski definition) is 0. The van der Waals surface area contributed by atoms with Crippen molar-refractivity contribution in [1.82, 2.24) is 0 Å². The van der Waals surface area contributed by atoms with Gasteiger partial charge in [-0.25, -0.2) is 4.39 Å². The minimum atomic E-state index is -3.48. The third-order valence-electron chi connectivity index (χ3n) is 2.03. The van der Waals surface area contributed by atoms with Crippen molar-refractivity contribution in [2.24, 2.45) is 0 Å². The van der Waals surface area contributed by atoms with Gasteiger partial charge in [-0.3, -0.25) is 9.36 Å². The molecule has 0 atom stereocenters. The Morgan fingerprint density at radius 3 is 2.29 bits per heavy atom. The number of aldehydes is 1. The van der Waals surface area contributed by atoms with Gasteiger partial charge in [-0.2, -0.15) is 0 Å². The Labute approximate surface area is 99.3 Å². The highest BCUT2D eigenvalue weighted by Crippen LogP contribution is 2.46. The van der Waals surface area contributed by atoms with Crippen molar-refractivity contribution in [2.45, 2.75) is 13.8 Å². The van der Waals surface area contributed by atoms with Gasteiger partial charge in [0, 0.05) is 0 Å². The van der Waals surface area contributed by atoms with Crippen LogP contribution in [0.3, 0.4) is 0 Å². The molecule has 1 aromatic rings. The van der Waals surface area contributed by atoms with E-state index in [4.69, 9.17) is 9.05 Å². The van der Waals surface area contributed by atoms with E-state index in [1.54, 1.807) is 13.8 Å². The first-order valence-corrected chi connectivity index (χ1v) is 6.76. The van der Waals surface area contributed by atoms with E-state index in [2.05, 4.69) is 0 Å². The van der Waals surface area contributed by atoms with E-state index in [-0.39, 0.29) is 24.1 Å². The second-order valence-corrected chi connectivity index (χ2v) is 5.18. The van der Waals surface area contributed by atoms with Crippen molar-refractivity contribution in [2.75, 3.05) is 13.2 Å². The molecule has 0 saturated heterocycles. The molecule has 0 aliphatic rings. The van der Waals surface area contributed by atoms with Crippen LogP contribution in [0.15, 0.2) is 18.2 Å². The normalized spacial score (nSPS) is 11.5. The van der Waals surface area contributed by atoms with E-state index < -0.39 is 13.4 Å². The molecule has 0 saturated carbocycles. The quantitative estimate of drug-likeness (QED) is 0.582. The molecule has 1 aromatic carbocycles. The Bertz CT molecular complexity index is 437. The van der Waals surface area contributed by atoms with Crippen molar-refractivity contribution in [3.8, 4) is 0 Å². The monoisotopic (exact) mass is 260 g/mol. The van der Waals surface area contributed by atoms with Crippen molar-refractivity contribution >= 4 is 19.2 Å². The van der Waals surface area contributed by atoms with Crippen LogP contribution in [-0.2, 0) is 13.6 Å². The second kappa shape index (κ2) is 6.05. The largest absolute Gasteiger partial charge is 0.361 e. The fourth-order valence-electron chi connectivity index (χ4n) is 1.31. The Balaban J connectivity index is 3.15. The molecule has 0 N–H and O–H groups in total. The number of benzene rings is 1. The first-order chi connectivity index (χ1) is 8.07. The van der Waals surface area contributed by atoms with Gasteiger partial charge in [0.15, 0.2) is 6.29 Å². The lowest BCUT2D eigenvalue weighted by Gasteiger charge is -2.17. The molecule has 0 amide bonds. The lowest BCUT2D eigenvalue weighted by atomic mass is 10.2. The molecule has 0 aliphatic carbocycles. The molecule has 0 aliphatic heterocycles. The summed E-state index contributed by atoms with van der Waals surface area (Å²) in [5, 5.41) is 0.115. The third-order valence-corrected chi connectivity index (χ3v) is 4.13. The van der Waals surface area contributed by atoms with Gasteiger partial charge in [0.2, 0.25) is 0 Å². The Morgan fingerprint density at radius 1 is 1.29 bits per heavy atom. The predicted octanol–water partition coefficient (Wildman–Crippen LogP) is 2.53. The van der Waals surface area contributed by atoms with Crippen LogP contribution < -0.4 is 5.30 Å². The summed E-state index contributed by atoms with van der Waals surface area (Å²) in [5.41, 5.74) is -0.0895. The van der Waals surface area contributed by atoms with Crippen LogP contribution >= 0.6 is 7.60 Å². The SMILES string of the molecule is CCOP(=O)(OCC)c1ccc(C=O)c(F)c1. The molecule has 0 aromatic heterocycles. The lowest BCUT2D eigenvalue weighted by Crippen LogP contribution is -2.12. The van der Waals surface area contributed by atoms with Crippen LogP contribution in [0.2, 0.25) is 0 Å². The minimum absolute atomic E-state index is 0.0895. The van der Waals surface area contributed by atoms with E-state index >= 15 is 0 Å². The number of carbonyl (C=O) groups is 1. The van der Waals surface area contributed by atoms with Gasteiger partial charge >= 0.3 is 7.60 Å². The first kappa shape index (κ1) is 14.0. The number of halogens is 1. The van der Waals surface area contributed by atoms with Crippen LogP contribution in [0, 0.1) is 5.82 Å².